The highest BCUT2D eigenvalue weighted by molar-refractivity contribution is 14.1. The Morgan fingerprint density at radius 2 is 2.08 bits per heavy atom. The number of halogens is 1. The molecule has 0 aromatic carbocycles. The molecule has 3 aromatic heterocycles. The van der Waals surface area contributed by atoms with Crippen molar-refractivity contribution in [2.45, 2.75) is 34.6 Å². The normalized spacial score (nSPS) is 24.6. The number of anilines is 1. The molecule has 2 fully saturated rings. The van der Waals surface area contributed by atoms with Gasteiger partial charge in [0, 0.05) is 18.8 Å². The Kier molecular flexibility index (Phi) is 3.51. The van der Waals surface area contributed by atoms with E-state index in [4.69, 9.17) is 0 Å². The first-order valence-electron chi connectivity index (χ1n) is 8.24. The van der Waals surface area contributed by atoms with Crippen LogP contribution in [0.15, 0.2) is 24.7 Å². The standard InChI is InChI=1S/C15H17IN6O2S/c16-13-5-9(20-25(23,24)11-1-2-11)8-21(13)15-19-7-10-6-18-14-12(22(10)15)3-4-17-14/h3-4,6-7,9,11,13,17,20H,1-2,5,8H2/t9-,13-/m0/s1. The maximum Gasteiger partial charge on any atom is 0.214 e. The van der Waals surface area contributed by atoms with Crippen molar-refractivity contribution in [3.05, 3.63) is 24.7 Å². The Labute approximate surface area is 158 Å². The van der Waals surface area contributed by atoms with Gasteiger partial charge in [0.25, 0.3) is 0 Å². The maximum atomic E-state index is 12.2. The van der Waals surface area contributed by atoms with Crippen LogP contribution in [-0.2, 0) is 10.0 Å². The van der Waals surface area contributed by atoms with Gasteiger partial charge in [0.1, 0.15) is 0 Å². The molecule has 0 radical (unpaired) electrons. The Bertz CT molecular complexity index is 1060. The summed E-state index contributed by atoms with van der Waals surface area (Å²) >= 11 is 2.36. The largest absolute Gasteiger partial charge is 0.345 e. The smallest absolute Gasteiger partial charge is 0.214 e. The van der Waals surface area contributed by atoms with Gasteiger partial charge in [0.05, 0.1) is 32.7 Å². The second-order valence-electron chi connectivity index (χ2n) is 6.67. The SMILES string of the molecule is O=S(=O)(N[C@H]1C[C@@H](I)N(c2ncc3cnc4[nH]ccc4n23)C1)C1CC1. The van der Waals surface area contributed by atoms with E-state index in [1.807, 2.05) is 12.3 Å². The van der Waals surface area contributed by atoms with E-state index in [2.05, 4.69) is 51.6 Å². The van der Waals surface area contributed by atoms with Gasteiger partial charge in [-0.05, 0) is 25.3 Å². The lowest BCUT2D eigenvalue weighted by molar-refractivity contribution is 0.559. The number of rotatable bonds is 4. The molecule has 8 nitrogen and oxygen atoms in total. The highest BCUT2D eigenvalue weighted by Gasteiger charge is 2.40. The zero-order chi connectivity index (χ0) is 17.2. The predicted molar refractivity (Wildman–Crippen MR) is 103 cm³/mol. The quantitative estimate of drug-likeness (QED) is 0.342. The van der Waals surface area contributed by atoms with Crippen LogP contribution in [-0.4, -0.2) is 49.7 Å². The van der Waals surface area contributed by atoms with Crippen LogP contribution in [0, 0.1) is 0 Å². The number of aromatic amines is 1. The van der Waals surface area contributed by atoms with Gasteiger partial charge in [0.15, 0.2) is 5.65 Å². The van der Waals surface area contributed by atoms with Crippen molar-refractivity contribution in [1.29, 1.82) is 0 Å². The van der Waals surface area contributed by atoms with Crippen molar-refractivity contribution >= 4 is 55.2 Å². The topological polar surface area (TPSA) is 95.4 Å². The van der Waals surface area contributed by atoms with Crippen LogP contribution in [0.4, 0.5) is 5.95 Å². The molecule has 3 aromatic rings. The van der Waals surface area contributed by atoms with Crippen LogP contribution in [0.2, 0.25) is 0 Å². The lowest BCUT2D eigenvalue weighted by Gasteiger charge is -2.21. The minimum atomic E-state index is -3.18. The van der Waals surface area contributed by atoms with Crippen molar-refractivity contribution in [3.63, 3.8) is 0 Å². The molecular formula is C15H17IN6O2S. The molecule has 0 unspecified atom stereocenters. The number of aromatic nitrogens is 4. The number of hydrogen-bond acceptors (Lipinski definition) is 5. The Morgan fingerprint density at radius 1 is 1.28 bits per heavy atom. The number of imidazole rings is 1. The minimum Gasteiger partial charge on any atom is -0.345 e. The average molecular weight is 472 g/mol. The third kappa shape index (κ3) is 2.61. The number of fused-ring (bicyclic) bond motifs is 3. The third-order valence-electron chi connectivity index (χ3n) is 4.83. The second-order valence-corrected chi connectivity index (χ2v) is 10.1. The number of nitrogens with one attached hydrogen (secondary N) is 2. The van der Waals surface area contributed by atoms with Gasteiger partial charge in [-0.2, -0.15) is 0 Å². The highest BCUT2D eigenvalue weighted by atomic mass is 127. The molecule has 2 N–H and O–H groups in total. The highest BCUT2D eigenvalue weighted by Crippen LogP contribution is 2.33. The van der Waals surface area contributed by atoms with E-state index in [1.54, 1.807) is 12.4 Å². The van der Waals surface area contributed by atoms with Crippen molar-refractivity contribution in [3.8, 4) is 0 Å². The molecule has 25 heavy (non-hydrogen) atoms. The molecule has 1 aliphatic heterocycles. The summed E-state index contributed by atoms with van der Waals surface area (Å²) in [6, 6.07) is 1.90. The predicted octanol–water partition coefficient (Wildman–Crippen LogP) is 1.63. The van der Waals surface area contributed by atoms with E-state index in [1.165, 1.54) is 0 Å². The van der Waals surface area contributed by atoms with Crippen molar-refractivity contribution in [1.82, 2.24) is 24.1 Å². The zero-order valence-electron chi connectivity index (χ0n) is 13.3. The molecule has 0 bridgehead atoms. The molecule has 1 saturated carbocycles. The first kappa shape index (κ1) is 15.8. The monoisotopic (exact) mass is 472 g/mol. The lowest BCUT2D eigenvalue weighted by Crippen LogP contribution is -2.39. The number of alkyl halides is 1. The van der Waals surface area contributed by atoms with Gasteiger partial charge in [0.2, 0.25) is 16.0 Å². The molecule has 2 atom stereocenters. The van der Waals surface area contributed by atoms with E-state index in [0.29, 0.717) is 6.54 Å². The first-order chi connectivity index (χ1) is 12.0. The van der Waals surface area contributed by atoms with Crippen LogP contribution in [0.1, 0.15) is 19.3 Å². The maximum absolute atomic E-state index is 12.2. The first-order valence-corrected chi connectivity index (χ1v) is 11.0. The summed E-state index contributed by atoms with van der Waals surface area (Å²) in [5.74, 6) is 0.828. The van der Waals surface area contributed by atoms with Crippen LogP contribution in [0.25, 0.3) is 16.7 Å². The van der Waals surface area contributed by atoms with Crippen LogP contribution < -0.4 is 9.62 Å². The van der Waals surface area contributed by atoms with Crippen molar-refractivity contribution in [2.75, 3.05) is 11.4 Å². The molecule has 0 spiro atoms. The summed E-state index contributed by atoms with van der Waals surface area (Å²) in [4.78, 5) is 14.3. The molecule has 2 aliphatic rings. The van der Waals surface area contributed by atoms with Crippen molar-refractivity contribution in [2.24, 2.45) is 0 Å². The summed E-state index contributed by atoms with van der Waals surface area (Å²) in [7, 11) is -3.18. The van der Waals surface area contributed by atoms with Gasteiger partial charge in [-0.1, -0.05) is 22.6 Å². The fourth-order valence-electron chi connectivity index (χ4n) is 3.45. The zero-order valence-corrected chi connectivity index (χ0v) is 16.2. The minimum absolute atomic E-state index is 0.0802. The summed E-state index contributed by atoms with van der Waals surface area (Å²) in [5, 5.41) is -0.188. The van der Waals surface area contributed by atoms with E-state index in [0.717, 1.165) is 41.9 Å². The lowest BCUT2D eigenvalue weighted by atomic mass is 10.3. The average Bonchev–Trinajstić information content (AvgIpc) is 3.03. The Balaban J connectivity index is 1.49. The summed E-state index contributed by atoms with van der Waals surface area (Å²) in [6.07, 6.45) is 7.79. The van der Waals surface area contributed by atoms with Gasteiger partial charge in [-0.15, -0.1) is 0 Å². The molecule has 5 rings (SSSR count). The summed E-state index contributed by atoms with van der Waals surface area (Å²) in [5.41, 5.74) is 2.70. The van der Waals surface area contributed by atoms with Crippen LogP contribution >= 0.6 is 22.6 Å². The van der Waals surface area contributed by atoms with Gasteiger partial charge in [-0.25, -0.2) is 23.1 Å². The van der Waals surface area contributed by atoms with Gasteiger partial charge in [-0.3, -0.25) is 4.40 Å². The number of H-pyrrole nitrogens is 1. The molecule has 1 saturated heterocycles. The number of nitrogens with zero attached hydrogens (tertiary/aromatic N) is 4. The van der Waals surface area contributed by atoms with Gasteiger partial charge < -0.3 is 9.88 Å². The van der Waals surface area contributed by atoms with E-state index in [-0.39, 0.29) is 15.3 Å². The van der Waals surface area contributed by atoms with E-state index in [9.17, 15) is 8.42 Å². The Hall–Kier alpha value is -1.40. The second kappa shape index (κ2) is 5.55. The van der Waals surface area contributed by atoms with Crippen LogP contribution in [0.3, 0.4) is 0 Å². The molecule has 1 aliphatic carbocycles. The van der Waals surface area contributed by atoms with E-state index >= 15 is 0 Å². The fourth-order valence-corrected chi connectivity index (χ4v) is 6.12. The molecule has 4 heterocycles. The van der Waals surface area contributed by atoms with Crippen molar-refractivity contribution < 1.29 is 8.42 Å². The summed E-state index contributed by atoms with van der Waals surface area (Å²) < 4.78 is 29.6. The Morgan fingerprint density at radius 3 is 2.88 bits per heavy atom. The van der Waals surface area contributed by atoms with Gasteiger partial charge >= 0.3 is 0 Å². The molecular weight excluding hydrogens is 455 g/mol. The molecule has 10 heteroatoms. The summed E-state index contributed by atoms with van der Waals surface area (Å²) in [6.45, 7) is 0.618. The molecule has 0 amide bonds. The van der Waals surface area contributed by atoms with Crippen LogP contribution in [0.5, 0.6) is 0 Å². The number of hydrogen-bond donors (Lipinski definition) is 2. The van der Waals surface area contributed by atoms with E-state index < -0.39 is 10.0 Å². The fraction of sp³-hybridized carbons (Fsp3) is 0.467. The number of sulfonamides is 1. The third-order valence-corrected chi connectivity index (χ3v) is 8.02. The molecule has 132 valence electrons.